The first-order chi connectivity index (χ1) is 36.7. The molecule has 3 aliphatic rings. The maximum atomic E-state index is 14.5. The lowest BCUT2D eigenvalue weighted by Gasteiger charge is -2.35. The van der Waals surface area contributed by atoms with Crippen LogP contribution in [0, 0.1) is 36.7 Å². The van der Waals surface area contributed by atoms with Gasteiger partial charge < -0.3 is 39.0 Å². The van der Waals surface area contributed by atoms with Crippen LogP contribution in [0.2, 0.25) is 0 Å². The topological polar surface area (TPSA) is 171 Å². The molecule has 21 heteroatoms. The molecule has 0 unspecified atom stereocenters. The van der Waals surface area contributed by atoms with Gasteiger partial charge in [-0.15, -0.1) is 11.3 Å². The summed E-state index contributed by atoms with van der Waals surface area (Å²) in [6.45, 7) is 20.7. The number of likely N-dealkylation sites (tertiary alicyclic amines) is 1. The number of carbonyl (C=O) groups is 4. The number of nitrogens with one attached hydrogen (secondary N) is 1. The van der Waals surface area contributed by atoms with Crippen LogP contribution in [0.3, 0.4) is 0 Å². The number of benzene rings is 4. The number of nitrogens with zero attached hydrogens (tertiary/aromatic N) is 7. The smallest absolute Gasteiger partial charge is 0.417 e. The van der Waals surface area contributed by atoms with E-state index in [9.17, 15) is 37.6 Å². The quantitative estimate of drug-likeness (QED) is 0.0446. The molecule has 2 fully saturated rings. The van der Waals surface area contributed by atoms with E-state index >= 15 is 0 Å². The number of ether oxygens (including phenoxy) is 4. The average molecular weight is 1090 g/mol. The lowest BCUT2D eigenvalue weighted by molar-refractivity contribution is -0.143. The van der Waals surface area contributed by atoms with Gasteiger partial charge in [0.15, 0.2) is 10.8 Å². The van der Waals surface area contributed by atoms with E-state index in [0.29, 0.717) is 41.3 Å². The van der Waals surface area contributed by atoms with Crippen LogP contribution >= 0.6 is 23.6 Å². The number of hydrogen-bond acceptors (Lipinski definition) is 12. The number of aryl methyl sites for hydroxylation is 1. The van der Waals surface area contributed by atoms with Crippen LogP contribution in [0.1, 0.15) is 79.3 Å². The predicted octanol–water partition coefficient (Wildman–Crippen LogP) is 9.50. The number of carbonyl (C=O) groups excluding carboxylic acids is 4. The van der Waals surface area contributed by atoms with E-state index in [0.717, 1.165) is 38.7 Å². The highest BCUT2D eigenvalue weighted by atomic mass is 32.1. The summed E-state index contributed by atoms with van der Waals surface area (Å²) < 4.78 is 65.0. The molecule has 0 aliphatic carbocycles. The standard InChI is InChI=1S/C56H57F3N8O8S2/c1-33(2)48(65-31-39-9-8-10-44(61-7)47(39)51(65)69)52(70)64-30-34(3)25-45(64)50(68)62-29-38-12-11-36(49-35(4)63-32-77-49)26-46(38)75-24-22-73-20-19-72-21-23-74-42-17-15-40(16-18-42)67-54(76)66(53(71)55(67,5)6)41-14-13-37(28-60)43(27-41)56(57,58)59/h8-18,26-27,32-34,45,48H,19-25,29-31H2,1-6H3,(H,62,68)/t34-,45+,48+/m1/s1. The molecule has 4 heterocycles. The van der Waals surface area contributed by atoms with Crippen LogP contribution < -0.4 is 24.6 Å². The van der Waals surface area contributed by atoms with Crippen molar-refractivity contribution in [2.45, 2.75) is 84.9 Å². The third kappa shape index (κ3) is 11.8. The molecule has 3 atom stereocenters. The molecule has 0 spiro atoms. The molecule has 5 aromatic rings. The molecular weight excluding hydrogens is 1030 g/mol. The molecule has 1 N–H and O–H groups in total. The van der Waals surface area contributed by atoms with Crippen LogP contribution in [0.4, 0.5) is 30.2 Å². The number of anilines is 2. The van der Waals surface area contributed by atoms with Crippen molar-refractivity contribution in [3.63, 3.8) is 0 Å². The zero-order chi connectivity index (χ0) is 55.3. The highest BCUT2D eigenvalue weighted by Gasteiger charge is 2.51. The number of nitriles is 1. The van der Waals surface area contributed by atoms with E-state index in [1.807, 2.05) is 52.0 Å². The van der Waals surface area contributed by atoms with E-state index in [-0.39, 0.29) is 98.8 Å². The number of thiocarbonyl (C=S) groups is 1. The van der Waals surface area contributed by atoms with Gasteiger partial charge in [0.2, 0.25) is 17.7 Å². The van der Waals surface area contributed by atoms with Crippen LogP contribution in [0.5, 0.6) is 11.5 Å². The molecule has 4 aromatic carbocycles. The summed E-state index contributed by atoms with van der Waals surface area (Å²) in [6, 6.07) is 20.7. The Bertz CT molecular complexity index is 3150. The van der Waals surface area contributed by atoms with Gasteiger partial charge in [0.1, 0.15) is 42.3 Å². The molecular formula is C56H57F3N8O8S2. The van der Waals surface area contributed by atoms with Gasteiger partial charge in [-0.3, -0.25) is 24.1 Å². The maximum Gasteiger partial charge on any atom is 0.417 e. The van der Waals surface area contributed by atoms with Crippen molar-refractivity contribution in [1.29, 1.82) is 5.26 Å². The summed E-state index contributed by atoms with van der Waals surface area (Å²) in [5, 5.41) is 12.3. The molecule has 1 aromatic heterocycles. The van der Waals surface area contributed by atoms with Gasteiger partial charge in [0.25, 0.3) is 5.91 Å². The molecule has 4 amide bonds. The van der Waals surface area contributed by atoms with E-state index in [4.69, 9.17) is 37.7 Å². The van der Waals surface area contributed by atoms with Crippen LogP contribution in [0.25, 0.3) is 15.3 Å². The van der Waals surface area contributed by atoms with Gasteiger partial charge in [0.05, 0.1) is 77.5 Å². The lowest BCUT2D eigenvalue weighted by Crippen LogP contribution is -2.55. The van der Waals surface area contributed by atoms with E-state index in [2.05, 4.69) is 15.1 Å². The summed E-state index contributed by atoms with van der Waals surface area (Å²) in [4.78, 5) is 70.5. The molecule has 77 heavy (non-hydrogen) atoms. The van der Waals surface area contributed by atoms with Gasteiger partial charge in [-0.1, -0.05) is 51.1 Å². The highest BCUT2D eigenvalue weighted by Crippen LogP contribution is 2.41. The fourth-order valence-corrected chi connectivity index (χ4v) is 11.2. The van der Waals surface area contributed by atoms with Gasteiger partial charge in [-0.05, 0) is 111 Å². The zero-order valence-electron chi connectivity index (χ0n) is 43.3. The average Bonchev–Trinajstić information content (AvgIpc) is 4.28. The Kier molecular flexibility index (Phi) is 17.0. The van der Waals surface area contributed by atoms with Gasteiger partial charge in [-0.2, -0.15) is 18.4 Å². The second-order valence-corrected chi connectivity index (χ2v) is 21.0. The first kappa shape index (κ1) is 55.8. The lowest BCUT2D eigenvalue weighted by atomic mass is 10.00. The monoisotopic (exact) mass is 1090 g/mol. The molecule has 0 bridgehead atoms. The Morgan fingerprint density at radius 1 is 0.974 bits per heavy atom. The highest BCUT2D eigenvalue weighted by molar-refractivity contribution is 7.81. The van der Waals surface area contributed by atoms with Crippen molar-refractivity contribution in [2.75, 3.05) is 56.0 Å². The summed E-state index contributed by atoms with van der Waals surface area (Å²) in [5.41, 5.74) is 3.03. The van der Waals surface area contributed by atoms with Crippen LogP contribution in [-0.2, 0) is 43.1 Å². The van der Waals surface area contributed by atoms with Crippen molar-refractivity contribution in [3.05, 3.63) is 129 Å². The van der Waals surface area contributed by atoms with E-state index < -0.39 is 40.8 Å². The fourth-order valence-electron chi connectivity index (χ4n) is 9.93. The first-order valence-electron chi connectivity index (χ1n) is 25.0. The number of amides is 4. The summed E-state index contributed by atoms with van der Waals surface area (Å²) in [5.74, 6) is -0.646. The number of halogens is 3. The Balaban J connectivity index is 0.803. The number of thiazole rings is 1. The summed E-state index contributed by atoms with van der Waals surface area (Å²) in [7, 11) is 0. The second-order valence-electron chi connectivity index (χ2n) is 19.8. The minimum absolute atomic E-state index is 0.0187. The molecule has 0 radical (unpaired) electrons. The predicted molar refractivity (Wildman–Crippen MR) is 286 cm³/mol. The van der Waals surface area contributed by atoms with Gasteiger partial charge in [-0.25, -0.2) is 9.83 Å². The third-order valence-corrected chi connectivity index (χ3v) is 15.1. The Morgan fingerprint density at radius 2 is 1.66 bits per heavy atom. The zero-order valence-corrected chi connectivity index (χ0v) is 44.9. The molecule has 8 rings (SSSR count). The molecule has 402 valence electrons. The third-order valence-electron chi connectivity index (χ3n) is 13.7. The van der Waals surface area contributed by atoms with Crippen LogP contribution in [0.15, 0.2) is 84.4 Å². The molecule has 0 saturated carbocycles. The first-order valence-corrected chi connectivity index (χ1v) is 26.3. The van der Waals surface area contributed by atoms with E-state index in [1.54, 1.807) is 76.5 Å². The van der Waals surface area contributed by atoms with Crippen molar-refractivity contribution < 1.29 is 51.3 Å². The molecule has 16 nitrogen and oxygen atoms in total. The maximum absolute atomic E-state index is 14.5. The SMILES string of the molecule is [C-]#[N+]c1cccc2c1C(=O)N([C@H](C(=O)N1C[C@H](C)C[C@H]1C(=O)NCc1ccc(-c3scnc3C)cc1OCCOCCOCCOc1ccc(N3C(=S)N(c4ccc(C#N)c(C(F)(F)F)c4)C(=O)C3(C)C)cc1)C(C)C)C2. The van der Waals surface area contributed by atoms with Crippen molar-refractivity contribution in [3.8, 4) is 28.0 Å². The number of aromatic nitrogens is 1. The second kappa shape index (κ2) is 23.4. The summed E-state index contributed by atoms with van der Waals surface area (Å²) >= 11 is 7.15. The Hall–Kier alpha value is -7.43. The normalized spacial score (nSPS) is 17.4. The van der Waals surface area contributed by atoms with Crippen molar-refractivity contribution in [2.24, 2.45) is 11.8 Å². The minimum Gasteiger partial charge on any atom is -0.491 e. The van der Waals surface area contributed by atoms with E-state index in [1.165, 1.54) is 17.4 Å². The largest absolute Gasteiger partial charge is 0.491 e. The summed E-state index contributed by atoms with van der Waals surface area (Å²) in [6.07, 6.45) is -4.35. The number of rotatable bonds is 20. The van der Waals surface area contributed by atoms with Crippen LogP contribution in [-0.4, -0.2) is 107 Å². The molecule has 3 aliphatic heterocycles. The van der Waals surface area contributed by atoms with Gasteiger partial charge >= 0.3 is 6.18 Å². The Morgan fingerprint density at radius 3 is 2.31 bits per heavy atom. The fraction of sp³-hybridized carbons (Fsp3) is 0.393. The number of alkyl halides is 3. The number of fused-ring (bicyclic) bond motifs is 1. The molecule has 2 saturated heterocycles. The number of hydrogen-bond donors (Lipinski definition) is 1. The van der Waals surface area contributed by atoms with Crippen molar-refractivity contribution in [1.82, 2.24) is 20.1 Å². The minimum atomic E-state index is -4.81. The Labute approximate surface area is 454 Å². The van der Waals surface area contributed by atoms with Gasteiger partial charge in [0, 0.05) is 30.9 Å². The van der Waals surface area contributed by atoms with Crippen molar-refractivity contribution >= 4 is 69.4 Å².